The number of nitrogens with zero attached hydrogens (tertiary/aromatic N) is 2. The molecule has 0 unspecified atom stereocenters. The van der Waals surface area contributed by atoms with Gasteiger partial charge in [-0.25, -0.2) is 4.98 Å². The van der Waals surface area contributed by atoms with Gasteiger partial charge in [-0.3, -0.25) is 19.0 Å². The molecular formula is C16H18N2O5S. The Balaban J connectivity index is 2.49. The average molecular weight is 350 g/mol. The van der Waals surface area contributed by atoms with Gasteiger partial charge in [0.05, 0.1) is 24.6 Å². The normalized spacial score (nSPS) is 12.0. The van der Waals surface area contributed by atoms with Gasteiger partial charge in [0.1, 0.15) is 11.8 Å². The third-order valence-corrected chi connectivity index (χ3v) is 4.31. The predicted molar refractivity (Wildman–Crippen MR) is 90.0 cm³/mol. The quantitative estimate of drug-likeness (QED) is 0.444. The number of carbonyl (C=O) groups excluding carboxylic acids is 2. The van der Waals surface area contributed by atoms with Crippen LogP contribution >= 0.6 is 11.8 Å². The fourth-order valence-corrected chi connectivity index (χ4v) is 2.94. The van der Waals surface area contributed by atoms with Gasteiger partial charge in [-0.05, 0) is 26.0 Å². The number of hydrogen-bond acceptors (Lipinski definition) is 7. The van der Waals surface area contributed by atoms with Crippen LogP contribution in [-0.4, -0.2) is 40.5 Å². The van der Waals surface area contributed by atoms with Crippen molar-refractivity contribution in [3.63, 3.8) is 0 Å². The maximum Gasteiger partial charge on any atom is 0.325 e. The first-order valence-electron chi connectivity index (χ1n) is 7.37. The fourth-order valence-electron chi connectivity index (χ4n) is 2.04. The molecule has 0 fully saturated rings. The summed E-state index contributed by atoms with van der Waals surface area (Å²) in [6, 6.07) is 6.84. The Kier molecular flexibility index (Phi) is 5.97. The number of aromatic nitrogens is 2. The lowest BCUT2D eigenvalue weighted by Crippen LogP contribution is -2.28. The Morgan fingerprint density at radius 2 is 2.04 bits per heavy atom. The zero-order valence-corrected chi connectivity index (χ0v) is 14.5. The molecule has 0 aliphatic carbocycles. The van der Waals surface area contributed by atoms with E-state index in [0.29, 0.717) is 10.9 Å². The number of carbonyl (C=O) groups is 2. The van der Waals surface area contributed by atoms with Crippen molar-refractivity contribution in [1.29, 1.82) is 0 Å². The number of benzene rings is 1. The second kappa shape index (κ2) is 7.96. The second-order valence-electron chi connectivity index (χ2n) is 4.89. The first-order valence-corrected chi connectivity index (χ1v) is 8.25. The molecule has 0 saturated heterocycles. The lowest BCUT2D eigenvalue weighted by Gasteiger charge is -2.15. The molecule has 2 rings (SSSR count). The van der Waals surface area contributed by atoms with Gasteiger partial charge in [-0.2, -0.15) is 0 Å². The molecule has 128 valence electrons. The second-order valence-corrected chi connectivity index (χ2v) is 6.20. The van der Waals surface area contributed by atoms with E-state index in [0.717, 1.165) is 11.8 Å². The van der Waals surface area contributed by atoms with Crippen molar-refractivity contribution in [2.45, 2.75) is 30.8 Å². The smallest absolute Gasteiger partial charge is 0.325 e. The van der Waals surface area contributed by atoms with Crippen LogP contribution in [0.3, 0.4) is 0 Å². The fraction of sp³-hybridized carbons (Fsp3) is 0.375. The van der Waals surface area contributed by atoms with Crippen LogP contribution < -0.4 is 5.56 Å². The molecule has 0 saturated carbocycles. The largest absolute Gasteiger partial charge is 0.468 e. The molecule has 1 heterocycles. The summed E-state index contributed by atoms with van der Waals surface area (Å²) in [7, 11) is 1.25. The third kappa shape index (κ3) is 3.94. The number of ether oxygens (including phenoxy) is 2. The van der Waals surface area contributed by atoms with E-state index in [1.165, 1.54) is 11.7 Å². The number of para-hydroxylation sites is 1. The van der Waals surface area contributed by atoms with Gasteiger partial charge in [0.15, 0.2) is 5.16 Å². The van der Waals surface area contributed by atoms with Crippen molar-refractivity contribution in [3.8, 4) is 0 Å². The molecular weight excluding hydrogens is 332 g/mol. The molecule has 0 N–H and O–H groups in total. The van der Waals surface area contributed by atoms with Crippen LogP contribution in [0.2, 0.25) is 0 Å². The summed E-state index contributed by atoms with van der Waals surface area (Å²) in [5, 5.41) is 0.0982. The summed E-state index contributed by atoms with van der Waals surface area (Å²) in [5.41, 5.74) is 0.145. The highest BCUT2D eigenvalue weighted by atomic mass is 32.2. The van der Waals surface area contributed by atoms with Gasteiger partial charge < -0.3 is 9.47 Å². The molecule has 0 bridgehead atoms. The van der Waals surface area contributed by atoms with Crippen LogP contribution in [0.25, 0.3) is 10.9 Å². The number of fused-ring (bicyclic) bond motifs is 1. The standard InChI is InChI=1S/C16H18N2O5S/c1-4-23-15(21)10(2)24-16-17-12-8-6-5-7-11(12)14(20)18(16)9-13(19)22-3/h5-8,10H,4,9H2,1-3H3/t10-/m1/s1. The van der Waals surface area contributed by atoms with E-state index >= 15 is 0 Å². The van der Waals surface area contributed by atoms with E-state index in [1.54, 1.807) is 38.1 Å². The van der Waals surface area contributed by atoms with Crippen LogP contribution in [0.1, 0.15) is 13.8 Å². The summed E-state index contributed by atoms with van der Waals surface area (Å²) < 4.78 is 10.8. The Bertz CT molecular complexity index is 818. The zero-order chi connectivity index (χ0) is 17.7. The average Bonchev–Trinajstić information content (AvgIpc) is 2.58. The minimum atomic E-state index is -0.570. The van der Waals surface area contributed by atoms with Gasteiger partial charge in [0.2, 0.25) is 0 Å². The highest BCUT2D eigenvalue weighted by molar-refractivity contribution is 8.00. The Labute approximate surface area is 143 Å². The monoisotopic (exact) mass is 350 g/mol. The van der Waals surface area contributed by atoms with E-state index in [9.17, 15) is 14.4 Å². The molecule has 1 aromatic carbocycles. The van der Waals surface area contributed by atoms with Crippen molar-refractivity contribution in [2.75, 3.05) is 13.7 Å². The minimum Gasteiger partial charge on any atom is -0.468 e. The highest BCUT2D eigenvalue weighted by Crippen LogP contribution is 2.23. The summed E-state index contributed by atoms with van der Waals surface area (Å²) >= 11 is 1.07. The van der Waals surface area contributed by atoms with E-state index in [1.807, 2.05) is 0 Å². The number of esters is 2. The van der Waals surface area contributed by atoms with Crippen LogP contribution in [0, 0.1) is 0 Å². The molecule has 8 heteroatoms. The summed E-state index contributed by atoms with van der Waals surface area (Å²) in [6.07, 6.45) is 0. The molecule has 2 aromatic rings. The number of methoxy groups -OCH3 is 1. The number of thioether (sulfide) groups is 1. The first-order chi connectivity index (χ1) is 11.5. The van der Waals surface area contributed by atoms with Crippen LogP contribution in [-0.2, 0) is 25.6 Å². The molecule has 0 aliphatic heterocycles. The topological polar surface area (TPSA) is 87.5 Å². The van der Waals surface area contributed by atoms with Gasteiger partial charge in [0, 0.05) is 0 Å². The maximum absolute atomic E-state index is 12.7. The Morgan fingerprint density at radius 3 is 2.71 bits per heavy atom. The van der Waals surface area contributed by atoms with Gasteiger partial charge in [-0.15, -0.1) is 0 Å². The summed E-state index contributed by atoms with van der Waals surface area (Å²) in [4.78, 5) is 40.5. The third-order valence-electron chi connectivity index (χ3n) is 3.24. The lowest BCUT2D eigenvalue weighted by atomic mass is 10.2. The molecule has 0 amide bonds. The predicted octanol–water partition coefficient (Wildman–Crippen LogP) is 1.61. The molecule has 0 aliphatic rings. The molecule has 24 heavy (non-hydrogen) atoms. The van der Waals surface area contributed by atoms with E-state index in [-0.39, 0.29) is 23.9 Å². The van der Waals surface area contributed by atoms with Crippen LogP contribution in [0.15, 0.2) is 34.2 Å². The highest BCUT2D eigenvalue weighted by Gasteiger charge is 2.21. The lowest BCUT2D eigenvalue weighted by molar-refractivity contribution is -0.142. The van der Waals surface area contributed by atoms with Crippen LogP contribution in [0.5, 0.6) is 0 Å². The Hall–Kier alpha value is -2.35. The SMILES string of the molecule is CCOC(=O)[C@@H](C)Sc1nc2ccccc2c(=O)n1CC(=O)OC. The van der Waals surface area contributed by atoms with Gasteiger partial charge in [0.25, 0.3) is 5.56 Å². The summed E-state index contributed by atoms with van der Waals surface area (Å²) in [5.74, 6) is -0.977. The van der Waals surface area contributed by atoms with Gasteiger partial charge >= 0.3 is 11.9 Å². The van der Waals surface area contributed by atoms with Crippen LogP contribution in [0.4, 0.5) is 0 Å². The summed E-state index contributed by atoms with van der Waals surface area (Å²) in [6.45, 7) is 3.37. The van der Waals surface area contributed by atoms with Gasteiger partial charge in [-0.1, -0.05) is 23.9 Å². The molecule has 7 nitrogen and oxygen atoms in total. The zero-order valence-electron chi connectivity index (χ0n) is 13.6. The maximum atomic E-state index is 12.7. The first kappa shape index (κ1) is 18.0. The number of hydrogen-bond donors (Lipinski definition) is 0. The van der Waals surface area contributed by atoms with E-state index in [2.05, 4.69) is 9.72 Å². The molecule has 0 radical (unpaired) electrons. The van der Waals surface area contributed by atoms with Crippen molar-refractivity contribution >= 4 is 34.6 Å². The Morgan fingerprint density at radius 1 is 1.33 bits per heavy atom. The molecule has 1 aromatic heterocycles. The molecule has 0 spiro atoms. The van der Waals surface area contributed by atoms with Crippen molar-refractivity contribution < 1.29 is 19.1 Å². The van der Waals surface area contributed by atoms with E-state index in [4.69, 9.17) is 4.74 Å². The van der Waals surface area contributed by atoms with Crippen molar-refractivity contribution in [2.24, 2.45) is 0 Å². The van der Waals surface area contributed by atoms with E-state index < -0.39 is 17.2 Å². The molecule has 1 atom stereocenters. The minimum absolute atomic E-state index is 0.268. The van der Waals surface area contributed by atoms with Crippen molar-refractivity contribution in [1.82, 2.24) is 9.55 Å². The number of rotatable bonds is 6. The van der Waals surface area contributed by atoms with Crippen molar-refractivity contribution in [3.05, 3.63) is 34.6 Å².